The van der Waals surface area contributed by atoms with Gasteiger partial charge in [-0.2, -0.15) is 0 Å². The summed E-state index contributed by atoms with van der Waals surface area (Å²) in [5.74, 6) is 1.50. The summed E-state index contributed by atoms with van der Waals surface area (Å²) in [7, 11) is 0. The lowest BCUT2D eigenvalue weighted by Crippen LogP contribution is -2.49. The Hall–Kier alpha value is -2.05. The molecule has 1 aliphatic heterocycles. The normalized spacial score (nSPS) is 16.6. The van der Waals surface area contributed by atoms with Gasteiger partial charge in [0.15, 0.2) is 0 Å². The van der Waals surface area contributed by atoms with E-state index < -0.39 is 0 Å². The molecule has 27 heavy (non-hydrogen) atoms. The fourth-order valence-corrected chi connectivity index (χ4v) is 3.72. The predicted octanol–water partition coefficient (Wildman–Crippen LogP) is 2.58. The number of hydrogen-bond donors (Lipinski definition) is 1. The number of aliphatic hydroxyl groups is 1. The van der Waals surface area contributed by atoms with Crippen molar-refractivity contribution in [3.8, 4) is 0 Å². The number of aromatic nitrogens is 2. The maximum atomic E-state index is 14.3. The van der Waals surface area contributed by atoms with Gasteiger partial charge in [-0.1, -0.05) is 25.1 Å². The molecule has 146 valence electrons. The lowest BCUT2D eigenvalue weighted by atomic mass is 10.0. The molecule has 5 nitrogen and oxygen atoms in total. The van der Waals surface area contributed by atoms with Crippen molar-refractivity contribution in [2.75, 3.05) is 37.6 Å². The standard InChI is InChI=1S/C21H29FN4O/c1-4-20-18(13-17-7-5-6-8-19(17)22)21(24-16(3)23-20)26-11-9-25(10-12-26)14-15(2)27/h5-8,15,27H,4,9-14H2,1-3H3. The van der Waals surface area contributed by atoms with Gasteiger partial charge in [-0.25, -0.2) is 14.4 Å². The molecule has 0 bridgehead atoms. The SMILES string of the molecule is CCc1nc(C)nc(N2CCN(CC(C)O)CC2)c1Cc1ccccc1F. The molecule has 1 N–H and O–H groups in total. The van der Waals surface area contributed by atoms with Gasteiger partial charge >= 0.3 is 0 Å². The summed E-state index contributed by atoms with van der Waals surface area (Å²) in [5, 5.41) is 9.62. The number of rotatable bonds is 6. The summed E-state index contributed by atoms with van der Waals surface area (Å²) in [4.78, 5) is 13.9. The number of anilines is 1. The number of aryl methyl sites for hydroxylation is 2. The first-order valence-electron chi connectivity index (χ1n) is 9.73. The highest BCUT2D eigenvalue weighted by Crippen LogP contribution is 2.26. The van der Waals surface area contributed by atoms with Crippen LogP contribution in [0.1, 0.15) is 36.5 Å². The van der Waals surface area contributed by atoms with Gasteiger partial charge in [-0.3, -0.25) is 4.90 Å². The molecule has 0 amide bonds. The van der Waals surface area contributed by atoms with Crippen molar-refractivity contribution in [3.05, 3.63) is 52.7 Å². The molecule has 1 fully saturated rings. The number of nitrogens with zero attached hydrogens (tertiary/aromatic N) is 4. The van der Waals surface area contributed by atoms with E-state index in [1.165, 1.54) is 6.07 Å². The Morgan fingerprint density at radius 3 is 2.48 bits per heavy atom. The first-order chi connectivity index (χ1) is 13.0. The van der Waals surface area contributed by atoms with Crippen molar-refractivity contribution >= 4 is 5.82 Å². The molecule has 1 aromatic carbocycles. The summed E-state index contributed by atoms with van der Waals surface area (Å²) in [5.41, 5.74) is 2.69. The molecule has 3 rings (SSSR count). The van der Waals surface area contributed by atoms with E-state index in [1.54, 1.807) is 6.07 Å². The van der Waals surface area contributed by atoms with Crippen LogP contribution in [-0.2, 0) is 12.8 Å². The Balaban J connectivity index is 1.88. The summed E-state index contributed by atoms with van der Waals surface area (Å²) in [6.07, 6.45) is 0.975. The summed E-state index contributed by atoms with van der Waals surface area (Å²) < 4.78 is 14.3. The third kappa shape index (κ3) is 4.82. The van der Waals surface area contributed by atoms with Gasteiger partial charge in [0.1, 0.15) is 17.5 Å². The van der Waals surface area contributed by atoms with Crippen LogP contribution in [0.4, 0.5) is 10.2 Å². The first kappa shape index (κ1) is 19.7. The van der Waals surface area contributed by atoms with E-state index in [-0.39, 0.29) is 11.9 Å². The van der Waals surface area contributed by atoms with Crippen LogP contribution in [0, 0.1) is 12.7 Å². The second-order valence-corrected chi connectivity index (χ2v) is 7.28. The first-order valence-corrected chi connectivity index (χ1v) is 9.73. The largest absolute Gasteiger partial charge is 0.392 e. The Kier molecular flexibility index (Phi) is 6.39. The van der Waals surface area contributed by atoms with Crippen molar-refractivity contribution in [1.82, 2.24) is 14.9 Å². The summed E-state index contributed by atoms with van der Waals surface area (Å²) in [6, 6.07) is 6.92. The van der Waals surface area contributed by atoms with Gasteiger partial charge in [-0.05, 0) is 31.9 Å². The summed E-state index contributed by atoms with van der Waals surface area (Å²) >= 11 is 0. The lowest BCUT2D eigenvalue weighted by molar-refractivity contribution is 0.122. The highest BCUT2D eigenvalue weighted by Gasteiger charge is 2.23. The van der Waals surface area contributed by atoms with Crippen LogP contribution in [-0.4, -0.2) is 58.8 Å². The van der Waals surface area contributed by atoms with Crippen molar-refractivity contribution in [2.24, 2.45) is 0 Å². The van der Waals surface area contributed by atoms with E-state index >= 15 is 0 Å². The minimum Gasteiger partial charge on any atom is -0.392 e. The number of benzene rings is 1. The molecule has 6 heteroatoms. The van der Waals surface area contributed by atoms with E-state index in [0.717, 1.165) is 55.5 Å². The molecule has 1 saturated heterocycles. The molecule has 1 aliphatic rings. The van der Waals surface area contributed by atoms with Gasteiger partial charge in [0.25, 0.3) is 0 Å². The molecule has 0 spiro atoms. The van der Waals surface area contributed by atoms with Crippen LogP contribution in [0.25, 0.3) is 0 Å². The molecule has 0 aliphatic carbocycles. The van der Waals surface area contributed by atoms with Crippen molar-refractivity contribution in [2.45, 2.75) is 39.7 Å². The number of piperazine rings is 1. The topological polar surface area (TPSA) is 52.5 Å². The zero-order valence-corrected chi connectivity index (χ0v) is 16.5. The van der Waals surface area contributed by atoms with E-state index in [9.17, 15) is 9.50 Å². The van der Waals surface area contributed by atoms with E-state index in [0.29, 0.717) is 18.5 Å². The average Bonchev–Trinajstić information content (AvgIpc) is 2.64. The molecule has 0 saturated carbocycles. The molecular formula is C21H29FN4O. The zero-order chi connectivity index (χ0) is 19.4. The number of halogens is 1. The van der Waals surface area contributed by atoms with Gasteiger partial charge in [0, 0.05) is 50.4 Å². The number of aliphatic hydroxyl groups excluding tert-OH is 1. The second kappa shape index (κ2) is 8.76. The Morgan fingerprint density at radius 1 is 1.15 bits per heavy atom. The molecule has 1 aromatic heterocycles. The second-order valence-electron chi connectivity index (χ2n) is 7.28. The predicted molar refractivity (Wildman–Crippen MR) is 106 cm³/mol. The molecule has 2 heterocycles. The quantitative estimate of drug-likeness (QED) is 0.845. The third-order valence-corrected chi connectivity index (χ3v) is 5.04. The van der Waals surface area contributed by atoms with Crippen LogP contribution < -0.4 is 4.90 Å². The Bertz CT molecular complexity index is 773. The van der Waals surface area contributed by atoms with Crippen LogP contribution in [0.2, 0.25) is 0 Å². The number of hydrogen-bond acceptors (Lipinski definition) is 5. The fourth-order valence-electron chi connectivity index (χ4n) is 3.72. The van der Waals surface area contributed by atoms with Gasteiger partial charge in [0.05, 0.1) is 6.10 Å². The lowest BCUT2D eigenvalue weighted by Gasteiger charge is -2.37. The van der Waals surface area contributed by atoms with Crippen molar-refractivity contribution in [3.63, 3.8) is 0 Å². The van der Waals surface area contributed by atoms with Crippen LogP contribution in [0.15, 0.2) is 24.3 Å². The zero-order valence-electron chi connectivity index (χ0n) is 16.5. The molecule has 1 unspecified atom stereocenters. The molecule has 1 atom stereocenters. The molecule has 0 radical (unpaired) electrons. The van der Waals surface area contributed by atoms with Crippen LogP contribution >= 0.6 is 0 Å². The fraction of sp³-hybridized carbons (Fsp3) is 0.524. The minimum atomic E-state index is -0.318. The van der Waals surface area contributed by atoms with Crippen LogP contribution in [0.5, 0.6) is 0 Å². The number of β-amino-alcohol motifs (C(OH)–C–C–N with tert-alkyl or cyclic N) is 1. The molecular weight excluding hydrogens is 343 g/mol. The average molecular weight is 372 g/mol. The monoisotopic (exact) mass is 372 g/mol. The highest BCUT2D eigenvalue weighted by atomic mass is 19.1. The van der Waals surface area contributed by atoms with Crippen LogP contribution in [0.3, 0.4) is 0 Å². The Labute approximate surface area is 160 Å². The third-order valence-electron chi connectivity index (χ3n) is 5.04. The highest BCUT2D eigenvalue weighted by molar-refractivity contribution is 5.52. The van der Waals surface area contributed by atoms with E-state index in [2.05, 4.69) is 21.7 Å². The van der Waals surface area contributed by atoms with Crippen molar-refractivity contribution < 1.29 is 9.50 Å². The maximum Gasteiger partial charge on any atom is 0.136 e. The Morgan fingerprint density at radius 2 is 1.85 bits per heavy atom. The van der Waals surface area contributed by atoms with E-state index in [4.69, 9.17) is 4.98 Å². The minimum absolute atomic E-state index is 0.187. The van der Waals surface area contributed by atoms with E-state index in [1.807, 2.05) is 26.0 Å². The smallest absolute Gasteiger partial charge is 0.136 e. The summed E-state index contributed by atoms with van der Waals surface area (Å²) in [6.45, 7) is 9.96. The van der Waals surface area contributed by atoms with Gasteiger partial charge < -0.3 is 10.0 Å². The van der Waals surface area contributed by atoms with Gasteiger partial charge in [0.2, 0.25) is 0 Å². The van der Waals surface area contributed by atoms with Crippen molar-refractivity contribution in [1.29, 1.82) is 0 Å². The van der Waals surface area contributed by atoms with Gasteiger partial charge in [-0.15, -0.1) is 0 Å². The maximum absolute atomic E-state index is 14.3. The molecule has 2 aromatic rings.